The van der Waals surface area contributed by atoms with Crippen LogP contribution >= 0.6 is 15.9 Å². The summed E-state index contributed by atoms with van der Waals surface area (Å²) in [4.78, 5) is 19.3. The molecule has 8 nitrogen and oxygen atoms in total. The predicted octanol–water partition coefficient (Wildman–Crippen LogP) is 3.03. The van der Waals surface area contributed by atoms with Crippen molar-refractivity contribution in [3.63, 3.8) is 0 Å². The van der Waals surface area contributed by atoms with Crippen molar-refractivity contribution < 1.29 is 19.8 Å². The molecule has 0 saturated carbocycles. The Bertz CT molecular complexity index is 905. The number of carboxylic acid groups (broad SMARTS) is 2. The molecule has 0 radical (unpaired) electrons. The zero-order valence-electron chi connectivity index (χ0n) is 14.6. The zero-order chi connectivity index (χ0) is 19.8. The third kappa shape index (κ3) is 7.06. The fourth-order valence-electron chi connectivity index (χ4n) is 2.19. The molecular formula is C18H19BrN4O4. The molecule has 2 heterocycles. The van der Waals surface area contributed by atoms with Gasteiger partial charge in [-0.3, -0.25) is 19.0 Å². The van der Waals surface area contributed by atoms with Crippen molar-refractivity contribution in [2.75, 3.05) is 0 Å². The van der Waals surface area contributed by atoms with Gasteiger partial charge in [0.1, 0.15) is 0 Å². The van der Waals surface area contributed by atoms with Crippen LogP contribution in [0.2, 0.25) is 0 Å². The minimum atomic E-state index is -1.08. The van der Waals surface area contributed by atoms with Crippen molar-refractivity contribution in [1.82, 2.24) is 19.6 Å². The number of aryl methyl sites for hydroxylation is 1. The normalized spacial score (nSPS) is 10.1. The highest BCUT2D eigenvalue weighted by Crippen LogP contribution is 2.22. The molecule has 0 unspecified atom stereocenters. The first kappa shape index (κ1) is 20.4. The van der Waals surface area contributed by atoms with Crippen LogP contribution in [-0.2, 0) is 23.2 Å². The first-order valence-electron chi connectivity index (χ1n) is 8.04. The molecule has 142 valence electrons. The van der Waals surface area contributed by atoms with Gasteiger partial charge >= 0.3 is 11.9 Å². The van der Waals surface area contributed by atoms with Gasteiger partial charge in [0.05, 0.1) is 31.3 Å². The summed E-state index contributed by atoms with van der Waals surface area (Å²) >= 11 is 3.48. The average Bonchev–Trinajstić information content (AvgIpc) is 3.23. The standard InChI is InChI=1S/C14H13BrN4.C4H6O4/c1-18-6-5-14(17-18)10-19-9-12(8-16-19)11-3-2-4-13(15)7-11;5-3(6)1-2-4(7)8/h2-9H,10H2,1H3;1-2H2,(H,5,6)(H,7,8). The van der Waals surface area contributed by atoms with Gasteiger partial charge in [-0.05, 0) is 23.8 Å². The lowest BCUT2D eigenvalue weighted by Crippen LogP contribution is -2.01. The van der Waals surface area contributed by atoms with E-state index in [9.17, 15) is 9.59 Å². The van der Waals surface area contributed by atoms with E-state index in [1.54, 1.807) is 4.68 Å². The molecule has 27 heavy (non-hydrogen) atoms. The van der Waals surface area contributed by atoms with Gasteiger partial charge in [-0.15, -0.1) is 0 Å². The molecule has 0 fully saturated rings. The molecule has 0 bridgehead atoms. The first-order valence-corrected chi connectivity index (χ1v) is 8.83. The Kier molecular flexibility index (Phi) is 7.30. The molecular weight excluding hydrogens is 416 g/mol. The lowest BCUT2D eigenvalue weighted by molar-refractivity contribution is -0.143. The number of rotatable bonds is 6. The van der Waals surface area contributed by atoms with Crippen LogP contribution in [0.5, 0.6) is 0 Å². The van der Waals surface area contributed by atoms with E-state index in [0.717, 1.165) is 21.3 Å². The Morgan fingerprint density at radius 3 is 2.37 bits per heavy atom. The lowest BCUT2D eigenvalue weighted by atomic mass is 10.1. The number of aliphatic carboxylic acids is 2. The topological polar surface area (TPSA) is 110 Å². The Labute approximate surface area is 164 Å². The summed E-state index contributed by atoms with van der Waals surface area (Å²) in [5.74, 6) is -2.15. The molecule has 0 aliphatic heterocycles. The Balaban J connectivity index is 0.000000279. The van der Waals surface area contributed by atoms with Crippen molar-refractivity contribution >= 4 is 27.9 Å². The van der Waals surface area contributed by atoms with Crippen molar-refractivity contribution in [3.8, 4) is 11.1 Å². The van der Waals surface area contributed by atoms with E-state index < -0.39 is 11.9 Å². The number of carbonyl (C=O) groups is 2. The maximum Gasteiger partial charge on any atom is 0.303 e. The molecule has 3 rings (SSSR count). The SMILES string of the molecule is Cn1ccc(Cn2cc(-c3cccc(Br)c3)cn2)n1.O=C(O)CCC(=O)O. The second-order valence-corrected chi connectivity index (χ2v) is 6.62. The van der Waals surface area contributed by atoms with Crippen LogP contribution in [0.1, 0.15) is 18.5 Å². The summed E-state index contributed by atoms with van der Waals surface area (Å²) in [6, 6.07) is 10.2. The minimum Gasteiger partial charge on any atom is -0.481 e. The number of hydrogen-bond acceptors (Lipinski definition) is 4. The number of benzene rings is 1. The van der Waals surface area contributed by atoms with Crippen LogP contribution in [0, 0.1) is 0 Å². The van der Waals surface area contributed by atoms with E-state index in [4.69, 9.17) is 10.2 Å². The molecule has 1 aromatic carbocycles. The molecule has 0 aliphatic rings. The number of hydrogen-bond donors (Lipinski definition) is 2. The van der Waals surface area contributed by atoms with Crippen molar-refractivity contribution in [3.05, 3.63) is 59.1 Å². The van der Waals surface area contributed by atoms with E-state index in [-0.39, 0.29) is 12.8 Å². The fraction of sp³-hybridized carbons (Fsp3) is 0.222. The Morgan fingerprint density at radius 2 is 1.81 bits per heavy atom. The van der Waals surface area contributed by atoms with Crippen LogP contribution < -0.4 is 0 Å². The van der Waals surface area contributed by atoms with E-state index in [1.807, 2.05) is 48.5 Å². The number of nitrogens with zero attached hydrogens (tertiary/aromatic N) is 4. The molecule has 2 N–H and O–H groups in total. The summed E-state index contributed by atoms with van der Waals surface area (Å²) in [5, 5.41) is 24.5. The van der Waals surface area contributed by atoms with Crippen LogP contribution in [0.15, 0.2) is 53.4 Å². The number of carboxylic acids is 2. The van der Waals surface area contributed by atoms with Gasteiger partial charge in [-0.1, -0.05) is 28.1 Å². The van der Waals surface area contributed by atoms with Gasteiger partial charge in [0, 0.05) is 29.5 Å². The molecule has 0 saturated heterocycles. The summed E-state index contributed by atoms with van der Waals surface area (Å²) in [6.07, 6.45) is 5.26. The van der Waals surface area contributed by atoms with Crippen molar-refractivity contribution in [2.45, 2.75) is 19.4 Å². The van der Waals surface area contributed by atoms with Crippen molar-refractivity contribution in [1.29, 1.82) is 0 Å². The predicted molar refractivity (Wildman–Crippen MR) is 102 cm³/mol. The van der Waals surface area contributed by atoms with Crippen LogP contribution in [0.3, 0.4) is 0 Å². The van der Waals surface area contributed by atoms with Gasteiger partial charge < -0.3 is 10.2 Å². The quantitative estimate of drug-likeness (QED) is 0.616. The third-order valence-electron chi connectivity index (χ3n) is 3.44. The largest absolute Gasteiger partial charge is 0.481 e. The van der Waals surface area contributed by atoms with Crippen LogP contribution in [0.25, 0.3) is 11.1 Å². The van der Waals surface area contributed by atoms with Gasteiger partial charge in [0.25, 0.3) is 0 Å². The van der Waals surface area contributed by atoms with E-state index in [2.05, 4.69) is 38.3 Å². The summed E-state index contributed by atoms with van der Waals surface area (Å²) in [5.41, 5.74) is 3.27. The summed E-state index contributed by atoms with van der Waals surface area (Å²) < 4.78 is 4.77. The zero-order valence-corrected chi connectivity index (χ0v) is 16.2. The molecule has 0 amide bonds. The summed E-state index contributed by atoms with van der Waals surface area (Å²) in [6.45, 7) is 0.689. The molecule has 0 aliphatic carbocycles. The van der Waals surface area contributed by atoms with Gasteiger partial charge in [0.15, 0.2) is 0 Å². The van der Waals surface area contributed by atoms with Crippen LogP contribution in [0.4, 0.5) is 0 Å². The third-order valence-corrected chi connectivity index (χ3v) is 3.93. The van der Waals surface area contributed by atoms with Gasteiger partial charge in [-0.2, -0.15) is 10.2 Å². The molecule has 9 heteroatoms. The highest BCUT2D eigenvalue weighted by molar-refractivity contribution is 9.10. The Hall–Kier alpha value is -2.94. The average molecular weight is 435 g/mol. The maximum atomic E-state index is 9.64. The lowest BCUT2D eigenvalue weighted by Gasteiger charge is -1.98. The maximum absolute atomic E-state index is 9.64. The highest BCUT2D eigenvalue weighted by Gasteiger charge is 2.04. The fourth-order valence-corrected chi connectivity index (χ4v) is 2.59. The molecule has 2 aromatic heterocycles. The van der Waals surface area contributed by atoms with Crippen LogP contribution in [-0.4, -0.2) is 41.7 Å². The van der Waals surface area contributed by atoms with Gasteiger partial charge in [0.2, 0.25) is 0 Å². The second-order valence-electron chi connectivity index (χ2n) is 5.71. The minimum absolute atomic E-state index is 0.296. The first-order chi connectivity index (χ1) is 12.8. The van der Waals surface area contributed by atoms with E-state index in [0.29, 0.717) is 6.54 Å². The smallest absolute Gasteiger partial charge is 0.303 e. The Morgan fingerprint density at radius 1 is 1.11 bits per heavy atom. The molecule has 3 aromatic rings. The number of aromatic nitrogens is 4. The van der Waals surface area contributed by atoms with E-state index in [1.165, 1.54) is 0 Å². The molecule has 0 spiro atoms. The number of halogens is 1. The second kappa shape index (κ2) is 9.67. The van der Waals surface area contributed by atoms with Gasteiger partial charge in [-0.25, -0.2) is 0 Å². The molecule has 0 atom stereocenters. The van der Waals surface area contributed by atoms with E-state index >= 15 is 0 Å². The highest BCUT2D eigenvalue weighted by atomic mass is 79.9. The monoisotopic (exact) mass is 434 g/mol. The summed E-state index contributed by atoms with van der Waals surface area (Å²) in [7, 11) is 1.92. The van der Waals surface area contributed by atoms with Crippen molar-refractivity contribution in [2.24, 2.45) is 7.05 Å².